The second-order valence-electron chi connectivity index (χ2n) is 5.56. The van der Waals surface area contributed by atoms with E-state index in [1.165, 1.54) is 0 Å². The van der Waals surface area contributed by atoms with E-state index in [9.17, 15) is 9.90 Å². The highest BCUT2D eigenvalue weighted by Crippen LogP contribution is 2.43. The molecule has 1 N–H and O–H groups in total. The van der Waals surface area contributed by atoms with Crippen molar-refractivity contribution in [3.05, 3.63) is 28.2 Å². The fourth-order valence-corrected chi connectivity index (χ4v) is 3.34. The third kappa shape index (κ3) is 2.38. The number of carbonyl (C=O) groups is 1. The maximum atomic E-state index is 11.7. The molecule has 0 amide bonds. The first-order valence-corrected chi connectivity index (χ1v) is 7.61. The SMILES string of the molecule is O=C(O)C1(c2ccc(OC3CC3)c(Br)c2)CCCC1. The van der Waals surface area contributed by atoms with Crippen LogP contribution >= 0.6 is 15.9 Å². The first kappa shape index (κ1) is 13.0. The summed E-state index contributed by atoms with van der Waals surface area (Å²) in [6.07, 6.45) is 6.03. The molecule has 3 rings (SSSR count). The summed E-state index contributed by atoms with van der Waals surface area (Å²) in [7, 11) is 0. The van der Waals surface area contributed by atoms with Crippen molar-refractivity contribution in [2.24, 2.45) is 0 Å². The summed E-state index contributed by atoms with van der Waals surface area (Å²) in [6, 6.07) is 5.75. The number of hydrogen-bond acceptors (Lipinski definition) is 2. The molecule has 2 aliphatic rings. The fourth-order valence-electron chi connectivity index (χ4n) is 2.86. The van der Waals surface area contributed by atoms with Crippen molar-refractivity contribution in [1.29, 1.82) is 0 Å². The zero-order valence-electron chi connectivity index (χ0n) is 10.7. The van der Waals surface area contributed by atoms with E-state index < -0.39 is 11.4 Å². The molecule has 19 heavy (non-hydrogen) atoms. The van der Waals surface area contributed by atoms with Crippen molar-refractivity contribution in [3.63, 3.8) is 0 Å². The molecule has 2 fully saturated rings. The van der Waals surface area contributed by atoms with Gasteiger partial charge in [-0.1, -0.05) is 18.9 Å². The monoisotopic (exact) mass is 324 g/mol. The zero-order chi connectivity index (χ0) is 13.5. The van der Waals surface area contributed by atoms with Crippen LogP contribution in [0.1, 0.15) is 44.1 Å². The highest BCUT2D eigenvalue weighted by atomic mass is 79.9. The average Bonchev–Trinajstić information content (AvgIpc) is 3.05. The Hall–Kier alpha value is -1.03. The molecule has 2 aliphatic carbocycles. The first-order valence-electron chi connectivity index (χ1n) is 6.82. The van der Waals surface area contributed by atoms with Gasteiger partial charge in [0.2, 0.25) is 0 Å². The number of halogens is 1. The van der Waals surface area contributed by atoms with Gasteiger partial charge < -0.3 is 9.84 Å². The van der Waals surface area contributed by atoms with Crippen LogP contribution in [0.2, 0.25) is 0 Å². The Morgan fingerprint density at radius 1 is 1.32 bits per heavy atom. The number of carboxylic acids is 1. The highest BCUT2D eigenvalue weighted by Gasteiger charge is 2.43. The number of carboxylic acid groups (broad SMARTS) is 1. The van der Waals surface area contributed by atoms with Gasteiger partial charge in [-0.2, -0.15) is 0 Å². The molecule has 1 aromatic rings. The normalized spacial score (nSPS) is 21.3. The Morgan fingerprint density at radius 3 is 2.53 bits per heavy atom. The van der Waals surface area contributed by atoms with Crippen LogP contribution in [0.4, 0.5) is 0 Å². The highest BCUT2D eigenvalue weighted by molar-refractivity contribution is 9.10. The van der Waals surface area contributed by atoms with E-state index in [1.807, 2.05) is 18.2 Å². The van der Waals surface area contributed by atoms with Crippen LogP contribution in [-0.4, -0.2) is 17.2 Å². The number of rotatable bonds is 4. The number of aliphatic carboxylic acids is 1. The summed E-state index contributed by atoms with van der Waals surface area (Å²) in [5, 5.41) is 9.59. The van der Waals surface area contributed by atoms with E-state index in [0.29, 0.717) is 6.10 Å². The van der Waals surface area contributed by atoms with Crippen molar-refractivity contribution in [2.75, 3.05) is 0 Å². The zero-order valence-corrected chi connectivity index (χ0v) is 12.3. The summed E-state index contributed by atoms with van der Waals surface area (Å²) >= 11 is 3.51. The Kier molecular flexibility index (Phi) is 3.29. The molecule has 102 valence electrons. The lowest BCUT2D eigenvalue weighted by Crippen LogP contribution is -2.32. The standard InChI is InChI=1S/C15H17BrO3/c16-12-9-10(3-6-13(12)19-11-4-5-11)15(14(17)18)7-1-2-8-15/h3,6,9,11H,1-2,4-5,7-8H2,(H,17,18). The average molecular weight is 325 g/mol. The van der Waals surface area contributed by atoms with E-state index in [-0.39, 0.29) is 0 Å². The molecule has 0 aromatic heterocycles. The minimum absolute atomic E-state index is 0.349. The van der Waals surface area contributed by atoms with Crippen molar-refractivity contribution < 1.29 is 14.6 Å². The van der Waals surface area contributed by atoms with Gasteiger partial charge in [0.15, 0.2) is 0 Å². The number of ether oxygens (including phenoxy) is 1. The largest absolute Gasteiger partial charge is 0.489 e. The van der Waals surface area contributed by atoms with Gasteiger partial charge >= 0.3 is 5.97 Å². The van der Waals surface area contributed by atoms with Gasteiger partial charge in [0, 0.05) is 0 Å². The Morgan fingerprint density at radius 2 is 2.00 bits per heavy atom. The van der Waals surface area contributed by atoms with E-state index >= 15 is 0 Å². The summed E-state index contributed by atoms with van der Waals surface area (Å²) in [5.41, 5.74) is 0.202. The van der Waals surface area contributed by atoms with Crippen LogP contribution in [0.15, 0.2) is 22.7 Å². The molecule has 2 saturated carbocycles. The molecular formula is C15H17BrO3. The first-order chi connectivity index (χ1) is 9.12. The second-order valence-corrected chi connectivity index (χ2v) is 6.41. The van der Waals surface area contributed by atoms with Gasteiger partial charge in [-0.05, 0) is 59.3 Å². The molecule has 0 saturated heterocycles. The van der Waals surface area contributed by atoms with E-state index in [4.69, 9.17) is 4.74 Å². The van der Waals surface area contributed by atoms with Crippen molar-refractivity contribution in [3.8, 4) is 5.75 Å². The summed E-state index contributed by atoms with van der Waals surface area (Å²) < 4.78 is 6.64. The van der Waals surface area contributed by atoms with Crippen LogP contribution in [-0.2, 0) is 10.2 Å². The predicted molar refractivity (Wildman–Crippen MR) is 75.6 cm³/mol. The minimum atomic E-state index is -0.701. The fraction of sp³-hybridized carbons (Fsp3) is 0.533. The van der Waals surface area contributed by atoms with Gasteiger partial charge in [0.25, 0.3) is 0 Å². The van der Waals surface area contributed by atoms with Crippen LogP contribution in [0.5, 0.6) is 5.75 Å². The van der Waals surface area contributed by atoms with Crippen LogP contribution in [0.25, 0.3) is 0 Å². The van der Waals surface area contributed by atoms with Crippen molar-refractivity contribution in [2.45, 2.75) is 50.0 Å². The Balaban J connectivity index is 1.91. The molecule has 0 aliphatic heterocycles. The van der Waals surface area contributed by atoms with Crippen LogP contribution < -0.4 is 4.74 Å². The maximum Gasteiger partial charge on any atom is 0.314 e. The predicted octanol–water partition coefficient (Wildman–Crippen LogP) is 3.89. The lowest BCUT2D eigenvalue weighted by molar-refractivity contribution is -0.143. The van der Waals surface area contributed by atoms with Crippen molar-refractivity contribution in [1.82, 2.24) is 0 Å². The molecule has 0 spiro atoms. The number of benzene rings is 1. The number of hydrogen-bond donors (Lipinski definition) is 1. The third-order valence-electron chi connectivity index (χ3n) is 4.17. The summed E-state index contributed by atoms with van der Waals surface area (Å²) in [6.45, 7) is 0. The molecule has 0 radical (unpaired) electrons. The topological polar surface area (TPSA) is 46.5 Å². The van der Waals surface area contributed by atoms with Crippen LogP contribution in [0.3, 0.4) is 0 Å². The Labute approximate surface area is 121 Å². The lowest BCUT2D eigenvalue weighted by atomic mass is 9.79. The smallest absolute Gasteiger partial charge is 0.314 e. The molecule has 1 aromatic carbocycles. The van der Waals surface area contributed by atoms with Gasteiger partial charge in [-0.3, -0.25) is 4.79 Å². The molecule has 0 heterocycles. The van der Waals surface area contributed by atoms with Crippen LogP contribution in [0, 0.1) is 0 Å². The molecular weight excluding hydrogens is 308 g/mol. The summed E-state index contributed by atoms with van der Waals surface area (Å²) in [4.78, 5) is 11.7. The van der Waals surface area contributed by atoms with Gasteiger partial charge in [0.1, 0.15) is 5.75 Å². The summed E-state index contributed by atoms with van der Waals surface area (Å²) in [5.74, 6) is 0.123. The van der Waals surface area contributed by atoms with Gasteiger partial charge in [0.05, 0.1) is 16.0 Å². The lowest BCUT2D eigenvalue weighted by Gasteiger charge is -2.25. The molecule has 4 heteroatoms. The van der Waals surface area contributed by atoms with E-state index in [1.54, 1.807) is 0 Å². The quantitative estimate of drug-likeness (QED) is 0.914. The maximum absolute atomic E-state index is 11.7. The van der Waals surface area contributed by atoms with Gasteiger partial charge in [-0.15, -0.1) is 0 Å². The van der Waals surface area contributed by atoms with Crippen molar-refractivity contribution >= 4 is 21.9 Å². The van der Waals surface area contributed by atoms with E-state index in [0.717, 1.165) is 54.3 Å². The van der Waals surface area contributed by atoms with E-state index in [2.05, 4.69) is 15.9 Å². The molecule has 0 bridgehead atoms. The molecule has 0 atom stereocenters. The minimum Gasteiger partial charge on any atom is -0.489 e. The molecule has 3 nitrogen and oxygen atoms in total. The van der Waals surface area contributed by atoms with Gasteiger partial charge in [-0.25, -0.2) is 0 Å². The molecule has 0 unspecified atom stereocenters. The third-order valence-corrected chi connectivity index (χ3v) is 4.79. The Bertz CT molecular complexity index is 502. The second kappa shape index (κ2) is 4.82.